The molecule has 0 saturated heterocycles. The maximum absolute atomic E-state index is 5.51. The molecule has 0 fully saturated rings. The quantitative estimate of drug-likeness (QED) is 0.599. The molecule has 0 aliphatic heterocycles. The maximum atomic E-state index is 5.51. The SMILES string of the molecule is CN(C)c1nccnc1N. The van der Waals surface area contributed by atoms with Crippen LogP contribution in [0, 0.1) is 0 Å². The van der Waals surface area contributed by atoms with E-state index in [1.165, 1.54) is 0 Å². The molecule has 0 bridgehead atoms. The highest BCUT2D eigenvalue weighted by atomic mass is 15.2. The van der Waals surface area contributed by atoms with Crippen LogP contribution in [0.3, 0.4) is 0 Å². The van der Waals surface area contributed by atoms with E-state index in [0.717, 1.165) is 0 Å². The molecular formula is C6H10N4. The van der Waals surface area contributed by atoms with E-state index < -0.39 is 0 Å². The van der Waals surface area contributed by atoms with Crippen molar-refractivity contribution in [3.8, 4) is 0 Å². The van der Waals surface area contributed by atoms with Gasteiger partial charge in [-0.2, -0.15) is 0 Å². The number of nitrogens with zero attached hydrogens (tertiary/aromatic N) is 3. The van der Waals surface area contributed by atoms with E-state index in [1.807, 2.05) is 19.0 Å². The van der Waals surface area contributed by atoms with E-state index in [-0.39, 0.29) is 0 Å². The van der Waals surface area contributed by atoms with Gasteiger partial charge in [0.1, 0.15) is 0 Å². The van der Waals surface area contributed by atoms with E-state index in [1.54, 1.807) is 12.4 Å². The van der Waals surface area contributed by atoms with Gasteiger partial charge < -0.3 is 10.6 Å². The Balaban J connectivity index is 3.03. The first kappa shape index (κ1) is 6.80. The molecular weight excluding hydrogens is 128 g/mol. The van der Waals surface area contributed by atoms with Gasteiger partial charge in [-0.05, 0) is 0 Å². The molecule has 10 heavy (non-hydrogen) atoms. The second-order valence-corrected chi connectivity index (χ2v) is 2.16. The van der Waals surface area contributed by atoms with Crippen LogP contribution >= 0.6 is 0 Å². The minimum absolute atomic E-state index is 0.465. The Labute approximate surface area is 59.7 Å². The van der Waals surface area contributed by atoms with Gasteiger partial charge in [0.15, 0.2) is 11.6 Å². The highest BCUT2D eigenvalue weighted by molar-refractivity contribution is 5.55. The summed E-state index contributed by atoms with van der Waals surface area (Å²) >= 11 is 0. The molecule has 0 atom stereocenters. The van der Waals surface area contributed by atoms with E-state index in [2.05, 4.69) is 9.97 Å². The standard InChI is InChI=1S/C6H10N4/c1-10(2)6-5(7)8-3-4-9-6/h3-4H,1-2H3,(H2,7,8). The summed E-state index contributed by atoms with van der Waals surface area (Å²) in [6.07, 6.45) is 3.19. The Morgan fingerprint density at radius 2 is 1.90 bits per heavy atom. The summed E-state index contributed by atoms with van der Waals surface area (Å²) in [7, 11) is 3.75. The molecule has 4 heteroatoms. The molecule has 0 aromatic carbocycles. The van der Waals surface area contributed by atoms with Crippen molar-refractivity contribution >= 4 is 11.6 Å². The fourth-order valence-corrected chi connectivity index (χ4v) is 0.686. The number of aromatic nitrogens is 2. The number of rotatable bonds is 1. The smallest absolute Gasteiger partial charge is 0.171 e. The molecule has 0 radical (unpaired) electrons. The molecule has 2 N–H and O–H groups in total. The van der Waals surface area contributed by atoms with Crippen molar-refractivity contribution in [1.82, 2.24) is 9.97 Å². The number of nitrogen functional groups attached to an aromatic ring is 1. The Morgan fingerprint density at radius 1 is 1.30 bits per heavy atom. The Kier molecular flexibility index (Phi) is 1.71. The minimum atomic E-state index is 0.465. The summed E-state index contributed by atoms with van der Waals surface area (Å²) in [5, 5.41) is 0. The normalized spacial score (nSPS) is 9.40. The second kappa shape index (κ2) is 2.51. The fraction of sp³-hybridized carbons (Fsp3) is 0.333. The lowest BCUT2D eigenvalue weighted by atomic mass is 10.5. The van der Waals surface area contributed by atoms with Crippen molar-refractivity contribution in [3.63, 3.8) is 0 Å². The monoisotopic (exact) mass is 138 g/mol. The van der Waals surface area contributed by atoms with Crippen LogP contribution in [0.1, 0.15) is 0 Å². The number of anilines is 2. The average molecular weight is 138 g/mol. The third kappa shape index (κ3) is 1.15. The summed E-state index contributed by atoms with van der Waals surface area (Å²) in [5.41, 5.74) is 5.51. The summed E-state index contributed by atoms with van der Waals surface area (Å²) in [5.74, 6) is 1.18. The predicted octanol–water partition coefficient (Wildman–Crippen LogP) is 0.125. The summed E-state index contributed by atoms with van der Waals surface area (Å²) in [4.78, 5) is 9.71. The van der Waals surface area contributed by atoms with Gasteiger partial charge in [-0.1, -0.05) is 0 Å². The van der Waals surface area contributed by atoms with Gasteiger partial charge in [0.25, 0.3) is 0 Å². The van der Waals surface area contributed by atoms with Crippen LogP contribution in [0.2, 0.25) is 0 Å². The lowest BCUT2D eigenvalue weighted by molar-refractivity contribution is 1.05. The van der Waals surface area contributed by atoms with Gasteiger partial charge in [-0.15, -0.1) is 0 Å². The zero-order chi connectivity index (χ0) is 7.56. The third-order valence-corrected chi connectivity index (χ3v) is 1.13. The van der Waals surface area contributed by atoms with E-state index >= 15 is 0 Å². The summed E-state index contributed by atoms with van der Waals surface area (Å²) in [6, 6.07) is 0. The Morgan fingerprint density at radius 3 is 2.30 bits per heavy atom. The number of hydrogen-bond acceptors (Lipinski definition) is 4. The van der Waals surface area contributed by atoms with Crippen LogP contribution in [-0.4, -0.2) is 24.1 Å². The van der Waals surface area contributed by atoms with Crippen molar-refractivity contribution < 1.29 is 0 Å². The molecule has 0 aliphatic carbocycles. The van der Waals surface area contributed by atoms with Crippen molar-refractivity contribution in [2.45, 2.75) is 0 Å². The van der Waals surface area contributed by atoms with Crippen molar-refractivity contribution in [1.29, 1.82) is 0 Å². The number of nitrogens with two attached hydrogens (primary N) is 1. The van der Waals surface area contributed by atoms with Crippen LogP contribution in [0.5, 0.6) is 0 Å². The van der Waals surface area contributed by atoms with Gasteiger partial charge in [0, 0.05) is 26.5 Å². The summed E-state index contributed by atoms with van der Waals surface area (Å²) in [6.45, 7) is 0. The highest BCUT2D eigenvalue weighted by Crippen LogP contribution is 2.11. The van der Waals surface area contributed by atoms with E-state index in [0.29, 0.717) is 11.6 Å². The lowest BCUT2D eigenvalue weighted by Crippen LogP contribution is -2.13. The zero-order valence-corrected chi connectivity index (χ0v) is 6.07. The van der Waals surface area contributed by atoms with Crippen molar-refractivity contribution in [2.75, 3.05) is 24.7 Å². The topological polar surface area (TPSA) is 55.0 Å². The molecule has 0 spiro atoms. The van der Waals surface area contributed by atoms with E-state index in [9.17, 15) is 0 Å². The minimum Gasteiger partial charge on any atom is -0.381 e. The molecule has 0 saturated carbocycles. The molecule has 0 unspecified atom stereocenters. The van der Waals surface area contributed by atoms with Crippen molar-refractivity contribution in [2.24, 2.45) is 0 Å². The van der Waals surface area contributed by atoms with Gasteiger partial charge in [0.2, 0.25) is 0 Å². The average Bonchev–Trinajstić information content (AvgIpc) is 1.88. The van der Waals surface area contributed by atoms with Crippen LogP contribution in [0.4, 0.5) is 11.6 Å². The van der Waals surface area contributed by atoms with Gasteiger partial charge in [-0.3, -0.25) is 0 Å². The molecule has 0 aliphatic rings. The lowest BCUT2D eigenvalue weighted by Gasteiger charge is -2.11. The predicted molar refractivity (Wildman–Crippen MR) is 40.8 cm³/mol. The van der Waals surface area contributed by atoms with Crippen molar-refractivity contribution in [3.05, 3.63) is 12.4 Å². The zero-order valence-electron chi connectivity index (χ0n) is 6.07. The first-order chi connectivity index (χ1) is 4.72. The maximum Gasteiger partial charge on any atom is 0.171 e. The number of hydrogen-bond donors (Lipinski definition) is 1. The molecule has 4 nitrogen and oxygen atoms in total. The Hall–Kier alpha value is -1.32. The molecule has 0 amide bonds. The Bertz CT molecular complexity index is 221. The molecule has 1 heterocycles. The summed E-state index contributed by atoms with van der Waals surface area (Å²) < 4.78 is 0. The molecule has 1 aromatic rings. The second-order valence-electron chi connectivity index (χ2n) is 2.16. The van der Waals surface area contributed by atoms with Crippen LogP contribution in [-0.2, 0) is 0 Å². The van der Waals surface area contributed by atoms with Gasteiger partial charge in [-0.25, -0.2) is 9.97 Å². The van der Waals surface area contributed by atoms with E-state index in [4.69, 9.17) is 5.73 Å². The van der Waals surface area contributed by atoms with Crippen LogP contribution in [0.25, 0.3) is 0 Å². The van der Waals surface area contributed by atoms with Gasteiger partial charge >= 0.3 is 0 Å². The third-order valence-electron chi connectivity index (χ3n) is 1.13. The fourth-order valence-electron chi connectivity index (χ4n) is 0.686. The largest absolute Gasteiger partial charge is 0.381 e. The van der Waals surface area contributed by atoms with Gasteiger partial charge in [0.05, 0.1) is 0 Å². The first-order valence-electron chi connectivity index (χ1n) is 2.95. The highest BCUT2D eigenvalue weighted by Gasteiger charge is 2.00. The first-order valence-corrected chi connectivity index (χ1v) is 2.95. The van der Waals surface area contributed by atoms with Crippen LogP contribution < -0.4 is 10.6 Å². The molecule has 1 aromatic heterocycles. The molecule has 54 valence electrons. The molecule has 1 rings (SSSR count). The van der Waals surface area contributed by atoms with Crippen LogP contribution in [0.15, 0.2) is 12.4 Å².